The molecule has 4 aromatic rings. The quantitative estimate of drug-likeness (QED) is 0.474. The van der Waals surface area contributed by atoms with Gasteiger partial charge in [-0.25, -0.2) is 0 Å². The van der Waals surface area contributed by atoms with Crippen molar-refractivity contribution < 1.29 is 11.3 Å². The van der Waals surface area contributed by atoms with Gasteiger partial charge in [0, 0.05) is 26.6 Å². The number of aryl methyl sites for hydroxylation is 2. The Bertz CT molecular complexity index is 1160. The van der Waals surface area contributed by atoms with Crippen molar-refractivity contribution in [3.63, 3.8) is 0 Å². The minimum absolute atomic E-state index is 0.219. The Balaban J connectivity index is 2.03. The summed E-state index contributed by atoms with van der Waals surface area (Å²) in [5, 5.41) is 1.87. The van der Waals surface area contributed by atoms with Crippen LogP contribution < -0.4 is 0 Å². The van der Waals surface area contributed by atoms with Crippen molar-refractivity contribution >= 4 is 21.9 Å². The summed E-state index contributed by atoms with van der Waals surface area (Å²) in [6, 6.07) is 10.9. The average Bonchev–Trinajstić information content (AvgIpc) is 2.97. The van der Waals surface area contributed by atoms with Gasteiger partial charge < -0.3 is 4.42 Å². The Labute approximate surface area is 130 Å². The van der Waals surface area contributed by atoms with Crippen molar-refractivity contribution in [2.45, 2.75) is 13.8 Å². The Kier molecular flexibility index (Phi) is 1.69. The van der Waals surface area contributed by atoms with Crippen LogP contribution in [-0.2, 0) is 0 Å². The molecule has 2 heteroatoms. The fraction of sp³-hybridized carbons (Fsp3) is 0.105. The van der Waals surface area contributed by atoms with Crippen molar-refractivity contribution in [1.29, 1.82) is 0 Å². The number of nitrogens with zero attached hydrogens (tertiary/aromatic N) is 1. The summed E-state index contributed by atoms with van der Waals surface area (Å²) in [5.74, 6) is 0. The zero-order valence-electron chi connectivity index (χ0n) is 16.4. The van der Waals surface area contributed by atoms with Crippen molar-refractivity contribution in [2.24, 2.45) is 0 Å². The molecule has 102 valence electrons. The molecule has 0 spiro atoms. The lowest BCUT2D eigenvalue weighted by Crippen LogP contribution is -1.84. The second-order valence-electron chi connectivity index (χ2n) is 5.01. The largest absolute Gasteiger partial charge is 0.455 e. The summed E-state index contributed by atoms with van der Waals surface area (Å²) in [4.78, 5) is 4.19. The van der Waals surface area contributed by atoms with Gasteiger partial charge in [-0.2, -0.15) is 0 Å². The van der Waals surface area contributed by atoms with Gasteiger partial charge in [0.05, 0.1) is 8.44 Å². The molecular weight excluding hydrogens is 258 g/mol. The van der Waals surface area contributed by atoms with E-state index in [1.54, 1.807) is 6.07 Å². The molecule has 0 aliphatic rings. The molecule has 0 bridgehead atoms. The fourth-order valence-corrected chi connectivity index (χ4v) is 2.60. The number of aromatic nitrogens is 1. The number of furan rings is 1. The first-order valence-corrected chi connectivity index (χ1v) is 6.67. The Morgan fingerprint density at radius 3 is 2.71 bits per heavy atom. The number of fused-ring (bicyclic) bond motifs is 3. The van der Waals surface area contributed by atoms with E-state index >= 15 is 0 Å². The first-order valence-electron chi connectivity index (χ1n) is 9.17. The maximum atomic E-state index is 8.26. The van der Waals surface area contributed by atoms with Crippen LogP contribution in [0, 0.1) is 13.8 Å². The number of rotatable bonds is 1. The smallest absolute Gasteiger partial charge is 0.144 e. The molecule has 0 aliphatic carbocycles. The molecule has 2 heterocycles. The van der Waals surface area contributed by atoms with Crippen LogP contribution in [0.15, 0.2) is 59.1 Å². The number of pyridine rings is 1. The van der Waals surface area contributed by atoms with E-state index in [1.165, 1.54) is 0 Å². The lowest BCUT2D eigenvalue weighted by atomic mass is 10.1. The summed E-state index contributed by atoms with van der Waals surface area (Å²) in [6.07, 6.45) is 1.16. The Morgan fingerprint density at radius 1 is 1.05 bits per heavy atom. The number of para-hydroxylation sites is 2. The van der Waals surface area contributed by atoms with Crippen LogP contribution in [0.25, 0.3) is 33.2 Å². The highest BCUT2D eigenvalue weighted by Crippen LogP contribution is 2.36. The molecule has 2 aromatic carbocycles. The molecule has 0 fully saturated rings. The highest BCUT2D eigenvalue weighted by Gasteiger charge is 2.13. The van der Waals surface area contributed by atoms with Gasteiger partial charge in [-0.3, -0.25) is 4.98 Å². The summed E-state index contributed by atoms with van der Waals surface area (Å²) >= 11 is 0. The molecule has 2 nitrogen and oxygen atoms in total. The van der Waals surface area contributed by atoms with Crippen LogP contribution in [-0.4, -0.2) is 4.98 Å². The Hall–Kier alpha value is -2.61. The molecule has 0 atom stereocenters. The molecule has 4 rings (SSSR count). The molecule has 0 radical (unpaired) electrons. The first-order chi connectivity index (χ1) is 12.3. The first kappa shape index (κ1) is 7.99. The van der Waals surface area contributed by atoms with Gasteiger partial charge in [0.1, 0.15) is 11.2 Å². The van der Waals surface area contributed by atoms with Crippen molar-refractivity contribution in [1.82, 2.24) is 4.98 Å². The maximum absolute atomic E-state index is 8.26. The average molecular weight is 278 g/mol. The van der Waals surface area contributed by atoms with Gasteiger partial charge in [0.15, 0.2) is 0 Å². The highest BCUT2D eigenvalue weighted by atomic mass is 16.3. The molecule has 0 amide bonds. The van der Waals surface area contributed by atoms with Crippen LogP contribution >= 0.6 is 0 Å². The summed E-state index contributed by atoms with van der Waals surface area (Å²) in [5.41, 5.74) is 2.95. The highest BCUT2D eigenvalue weighted by molar-refractivity contribution is 6.09. The van der Waals surface area contributed by atoms with Crippen LogP contribution in [0.4, 0.5) is 0 Å². The Morgan fingerprint density at radius 2 is 1.86 bits per heavy atom. The van der Waals surface area contributed by atoms with Crippen LogP contribution in [0.5, 0.6) is 0 Å². The zero-order valence-corrected chi connectivity index (χ0v) is 11.4. The second kappa shape index (κ2) is 4.45. The van der Waals surface area contributed by atoms with Gasteiger partial charge in [0.2, 0.25) is 0 Å². The van der Waals surface area contributed by atoms with Gasteiger partial charge >= 0.3 is 0 Å². The molecule has 21 heavy (non-hydrogen) atoms. The number of benzene rings is 2. The predicted molar refractivity (Wildman–Crippen MR) is 86.4 cm³/mol. The van der Waals surface area contributed by atoms with E-state index in [0.29, 0.717) is 11.1 Å². The third kappa shape index (κ3) is 1.83. The maximum Gasteiger partial charge on any atom is 0.144 e. The number of hydrogen-bond acceptors (Lipinski definition) is 2. The topological polar surface area (TPSA) is 26.0 Å². The van der Waals surface area contributed by atoms with E-state index < -0.39 is 6.85 Å². The molecule has 0 saturated heterocycles. The van der Waals surface area contributed by atoms with Crippen LogP contribution in [0.2, 0.25) is 0 Å². The summed E-state index contributed by atoms with van der Waals surface area (Å²) in [7, 11) is 0. The van der Waals surface area contributed by atoms with Gasteiger partial charge in [-0.15, -0.1) is 0 Å². The van der Waals surface area contributed by atoms with Crippen LogP contribution in [0.3, 0.4) is 0 Å². The molecule has 0 unspecified atom stereocenters. The molecule has 2 aromatic heterocycles. The van der Waals surface area contributed by atoms with Gasteiger partial charge in [0.25, 0.3) is 0 Å². The van der Waals surface area contributed by atoms with Gasteiger partial charge in [-0.05, 0) is 37.0 Å². The standard InChI is InChI=1S/C19H15NO/c1-12-9-10-17(20-11-12)16-8-4-7-15-14-6-3-5-13(2)18(14)21-19(15)16/h3-11H,1-2H3/i1D3,9D,10D. The lowest BCUT2D eigenvalue weighted by molar-refractivity contribution is 0.666. The molecule has 0 aliphatic heterocycles. The zero-order chi connectivity index (χ0) is 18.6. The number of hydrogen-bond donors (Lipinski definition) is 0. The minimum atomic E-state index is -2.47. The molecule has 0 saturated carbocycles. The van der Waals surface area contributed by atoms with E-state index in [9.17, 15) is 0 Å². The monoisotopic (exact) mass is 278 g/mol. The van der Waals surface area contributed by atoms with E-state index in [1.807, 2.05) is 37.3 Å². The van der Waals surface area contributed by atoms with Crippen molar-refractivity contribution in [3.05, 3.63) is 65.8 Å². The van der Waals surface area contributed by atoms with Gasteiger partial charge in [-0.1, -0.05) is 36.4 Å². The summed E-state index contributed by atoms with van der Waals surface area (Å²) < 4.78 is 44.9. The normalized spacial score (nSPS) is 15.4. The van der Waals surface area contributed by atoms with E-state index in [0.717, 1.165) is 28.1 Å². The minimum Gasteiger partial charge on any atom is -0.455 e. The van der Waals surface area contributed by atoms with Crippen molar-refractivity contribution in [2.75, 3.05) is 0 Å². The SMILES string of the molecule is [2H]c1c(C([2H])([2H])[2H])cnc(-c2cccc3c2oc2c(C)cccc23)c1[2H]. The predicted octanol–water partition coefficient (Wildman–Crippen LogP) is 5.26. The second-order valence-corrected chi connectivity index (χ2v) is 5.01. The molecular formula is C19H15NO. The van der Waals surface area contributed by atoms with E-state index in [-0.39, 0.29) is 23.3 Å². The summed E-state index contributed by atoms with van der Waals surface area (Å²) in [6.45, 7) is -0.507. The van der Waals surface area contributed by atoms with E-state index in [4.69, 9.17) is 11.3 Å². The van der Waals surface area contributed by atoms with Crippen molar-refractivity contribution in [3.8, 4) is 11.3 Å². The third-order valence-electron chi connectivity index (χ3n) is 3.61. The van der Waals surface area contributed by atoms with E-state index in [2.05, 4.69) is 4.98 Å². The fourth-order valence-electron chi connectivity index (χ4n) is 2.60. The van der Waals surface area contributed by atoms with Crippen LogP contribution in [0.1, 0.15) is 18.0 Å². The lowest BCUT2D eigenvalue weighted by Gasteiger charge is -2.02. The third-order valence-corrected chi connectivity index (χ3v) is 3.61. The molecule has 0 N–H and O–H groups in total.